The highest BCUT2D eigenvalue weighted by Crippen LogP contribution is 2.46. The van der Waals surface area contributed by atoms with Crippen molar-refractivity contribution in [2.75, 3.05) is 10.6 Å². The normalized spacial score (nSPS) is 20.0. The Morgan fingerprint density at radius 3 is 2.25 bits per heavy atom. The largest absolute Gasteiger partial charge is 0.372 e. The Hall–Kier alpha value is -2.75. The molecule has 1 heterocycles. The van der Waals surface area contributed by atoms with Gasteiger partial charge in [-0.05, 0) is 54.2 Å². The van der Waals surface area contributed by atoms with E-state index in [4.69, 9.17) is 23.2 Å². The lowest BCUT2D eigenvalue weighted by Crippen LogP contribution is -2.27. The smallest absolute Gasteiger partial charge is 0.163 e. The van der Waals surface area contributed by atoms with Crippen molar-refractivity contribution >= 4 is 40.4 Å². The van der Waals surface area contributed by atoms with Gasteiger partial charge in [0.15, 0.2) is 5.78 Å². The van der Waals surface area contributed by atoms with E-state index in [1.54, 1.807) is 0 Å². The number of carbonyl (C=O) groups excluding carboxylic acids is 1. The number of hydrogen-bond acceptors (Lipinski definition) is 3. The first kappa shape index (κ1) is 21.1. The molecule has 0 saturated heterocycles. The molecule has 2 atom stereocenters. The van der Waals surface area contributed by atoms with Crippen molar-refractivity contribution in [1.29, 1.82) is 0 Å². The van der Waals surface area contributed by atoms with Gasteiger partial charge in [-0.25, -0.2) is 0 Å². The molecule has 0 amide bonds. The Bertz CT molecular complexity index is 1200. The van der Waals surface area contributed by atoms with Gasteiger partial charge in [0.25, 0.3) is 0 Å². The minimum absolute atomic E-state index is 0.115. The van der Waals surface area contributed by atoms with Crippen LogP contribution in [0.1, 0.15) is 48.4 Å². The quantitative estimate of drug-likeness (QED) is 0.422. The van der Waals surface area contributed by atoms with Gasteiger partial charge in [-0.15, -0.1) is 0 Å². The number of aryl methyl sites for hydroxylation is 1. The van der Waals surface area contributed by atoms with Crippen molar-refractivity contribution in [3.05, 3.63) is 105 Å². The number of carbonyl (C=O) groups is 1. The molecule has 0 bridgehead atoms. The summed E-state index contributed by atoms with van der Waals surface area (Å²) in [6.45, 7) is 2.15. The molecule has 0 spiro atoms. The van der Waals surface area contributed by atoms with Gasteiger partial charge in [0, 0.05) is 33.3 Å². The topological polar surface area (TPSA) is 41.1 Å². The Kier molecular flexibility index (Phi) is 5.71. The molecule has 5 heteroatoms. The molecule has 1 aliphatic heterocycles. The highest BCUT2D eigenvalue weighted by atomic mass is 35.5. The number of anilines is 2. The second kappa shape index (κ2) is 8.65. The molecular weight excluding hydrogens is 439 g/mol. The highest BCUT2D eigenvalue weighted by Gasteiger charge is 2.37. The average Bonchev–Trinajstić information content (AvgIpc) is 2.96. The molecule has 2 N–H and O–H groups in total. The highest BCUT2D eigenvalue weighted by molar-refractivity contribution is 6.36. The molecule has 3 aromatic rings. The van der Waals surface area contributed by atoms with Gasteiger partial charge < -0.3 is 10.6 Å². The first-order chi connectivity index (χ1) is 15.5. The van der Waals surface area contributed by atoms with Crippen LogP contribution in [-0.2, 0) is 11.2 Å². The molecule has 0 radical (unpaired) electrons. The third-order valence-electron chi connectivity index (χ3n) is 6.46. The van der Waals surface area contributed by atoms with Gasteiger partial charge in [0.2, 0.25) is 0 Å². The molecule has 162 valence electrons. The fourth-order valence-corrected chi connectivity index (χ4v) is 5.37. The van der Waals surface area contributed by atoms with Crippen LogP contribution in [0, 0.1) is 0 Å². The van der Waals surface area contributed by atoms with Crippen molar-refractivity contribution in [3.63, 3.8) is 0 Å². The number of Topliss-reactive ketones (excluding diaryl/α,β-unsaturated/α-hetero) is 1. The van der Waals surface area contributed by atoms with E-state index >= 15 is 0 Å². The average molecular weight is 463 g/mol. The van der Waals surface area contributed by atoms with E-state index < -0.39 is 6.04 Å². The number of hydrogen-bond donors (Lipinski definition) is 2. The van der Waals surface area contributed by atoms with E-state index in [0.29, 0.717) is 16.5 Å². The van der Waals surface area contributed by atoms with Gasteiger partial charge in [-0.1, -0.05) is 72.6 Å². The minimum Gasteiger partial charge on any atom is -0.372 e. The molecular formula is C27H24Cl2N2O. The number of nitrogens with one attached hydrogen (secondary N) is 2. The number of fused-ring (bicyclic) bond motifs is 1. The summed E-state index contributed by atoms with van der Waals surface area (Å²) in [7, 11) is 0. The van der Waals surface area contributed by atoms with Crippen LogP contribution in [0.4, 0.5) is 11.4 Å². The van der Waals surface area contributed by atoms with Gasteiger partial charge in [-0.3, -0.25) is 4.79 Å². The molecule has 0 saturated carbocycles. The first-order valence-corrected chi connectivity index (χ1v) is 11.7. The van der Waals surface area contributed by atoms with Crippen LogP contribution < -0.4 is 10.6 Å². The maximum Gasteiger partial charge on any atom is 0.163 e. The van der Waals surface area contributed by atoms with Crippen molar-refractivity contribution in [2.45, 2.75) is 38.1 Å². The Balaban J connectivity index is 1.62. The summed E-state index contributed by atoms with van der Waals surface area (Å²) < 4.78 is 0. The molecule has 32 heavy (non-hydrogen) atoms. The lowest BCUT2D eigenvalue weighted by Gasteiger charge is -2.30. The van der Waals surface area contributed by atoms with E-state index in [9.17, 15) is 4.79 Å². The second-order valence-electron chi connectivity index (χ2n) is 8.40. The van der Waals surface area contributed by atoms with Crippen molar-refractivity contribution < 1.29 is 4.79 Å². The van der Waals surface area contributed by atoms with Gasteiger partial charge in [-0.2, -0.15) is 0 Å². The van der Waals surface area contributed by atoms with Crippen LogP contribution in [0.3, 0.4) is 0 Å². The summed E-state index contributed by atoms with van der Waals surface area (Å²) in [5.41, 5.74) is 6.75. The number of allylic oxidation sites excluding steroid dienone is 1. The van der Waals surface area contributed by atoms with Crippen molar-refractivity contribution in [2.24, 2.45) is 0 Å². The van der Waals surface area contributed by atoms with E-state index in [1.807, 2.05) is 42.5 Å². The Morgan fingerprint density at radius 2 is 1.56 bits per heavy atom. The predicted octanol–water partition coefficient (Wildman–Crippen LogP) is 7.54. The van der Waals surface area contributed by atoms with Crippen LogP contribution in [-0.4, -0.2) is 5.78 Å². The third-order valence-corrected chi connectivity index (χ3v) is 7.12. The Morgan fingerprint density at radius 1 is 0.875 bits per heavy atom. The van der Waals surface area contributed by atoms with E-state index in [0.717, 1.165) is 41.1 Å². The number of rotatable bonds is 3. The van der Waals surface area contributed by atoms with E-state index in [1.165, 1.54) is 11.1 Å². The first-order valence-electron chi connectivity index (χ1n) is 11.0. The fourth-order valence-electron chi connectivity index (χ4n) is 4.76. The van der Waals surface area contributed by atoms with Crippen LogP contribution in [0.5, 0.6) is 0 Å². The summed E-state index contributed by atoms with van der Waals surface area (Å²) in [6.07, 6.45) is 2.22. The molecule has 1 aliphatic carbocycles. The number of para-hydroxylation sites is 2. The maximum absolute atomic E-state index is 13.6. The van der Waals surface area contributed by atoms with Crippen molar-refractivity contribution in [3.8, 4) is 0 Å². The summed E-state index contributed by atoms with van der Waals surface area (Å²) in [4.78, 5) is 13.6. The minimum atomic E-state index is -0.418. The second-order valence-corrected chi connectivity index (χ2v) is 9.21. The molecule has 2 aliphatic rings. The SMILES string of the molecule is CCc1ccc(C2CC(=O)C3=C(C2)Nc2ccccc2NC3c2c(Cl)cccc2Cl)cc1. The molecule has 0 fully saturated rings. The number of benzene rings is 3. The number of halogens is 2. The standard InChI is InChI=1S/C27H24Cl2N2O/c1-2-16-10-12-17(13-11-16)18-14-23-26(24(32)15-18)27(25-19(28)6-5-7-20(25)29)31-22-9-4-3-8-21(22)30-23/h3-13,18,27,30-31H,2,14-15H2,1H3. The fraction of sp³-hybridized carbons (Fsp3) is 0.222. The zero-order chi connectivity index (χ0) is 22.2. The van der Waals surface area contributed by atoms with Gasteiger partial charge in [0.05, 0.1) is 17.4 Å². The van der Waals surface area contributed by atoms with Crippen LogP contribution in [0.25, 0.3) is 0 Å². The van der Waals surface area contributed by atoms with E-state index in [2.05, 4.69) is 41.8 Å². The molecule has 3 aromatic carbocycles. The molecule has 0 aromatic heterocycles. The zero-order valence-corrected chi connectivity index (χ0v) is 19.3. The predicted molar refractivity (Wildman–Crippen MR) is 133 cm³/mol. The number of ketones is 1. The summed E-state index contributed by atoms with van der Waals surface area (Å²) in [6, 6.07) is 21.7. The van der Waals surface area contributed by atoms with E-state index in [-0.39, 0.29) is 11.7 Å². The van der Waals surface area contributed by atoms with Gasteiger partial charge >= 0.3 is 0 Å². The molecule has 2 unspecified atom stereocenters. The monoisotopic (exact) mass is 462 g/mol. The summed E-state index contributed by atoms with van der Waals surface area (Å²) >= 11 is 13.2. The summed E-state index contributed by atoms with van der Waals surface area (Å²) in [5.74, 6) is 0.247. The maximum atomic E-state index is 13.6. The lowest BCUT2D eigenvalue weighted by molar-refractivity contribution is -0.116. The molecule has 3 nitrogen and oxygen atoms in total. The third kappa shape index (κ3) is 3.80. The molecule has 5 rings (SSSR count). The zero-order valence-electron chi connectivity index (χ0n) is 17.8. The lowest BCUT2D eigenvalue weighted by atomic mass is 9.78. The van der Waals surface area contributed by atoms with Crippen LogP contribution >= 0.6 is 23.2 Å². The summed E-state index contributed by atoms with van der Waals surface area (Å²) in [5, 5.41) is 8.20. The van der Waals surface area contributed by atoms with Crippen molar-refractivity contribution in [1.82, 2.24) is 0 Å². The van der Waals surface area contributed by atoms with Crippen LogP contribution in [0.15, 0.2) is 78.0 Å². The Labute approximate surface area is 198 Å². The van der Waals surface area contributed by atoms with Gasteiger partial charge in [0.1, 0.15) is 0 Å². The van der Waals surface area contributed by atoms with Crippen LogP contribution in [0.2, 0.25) is 10.0 Å².